The summed E-state index contributed by atoms with van der Waals surface area (Å²) in [6.07, 6.45) is 6.41. The summed E-state index contributed by atoms with van der Waals surface area (Å²) in [5, 5.41) is 5.90. The van der Waals surface area contributed by atoms with Gasteiger partial charge >= 0.3 is 5.97 Å². The van der Waals surface area contributed by atoms with Gasteiger partial charge < -0.3 is 19.9 Å². The topological polar surface area (TPSA) is 111 Å². The first-order valence-corrected chi connectivity index (χ1v) is 16.7. The van der Waals surface area contributed by atoms with Crippen LogP contribution in [0.25, 0.3) is 0 Å². The van der Waals surface area contributed by atoms with E-state index in [1.807, 2.05) is 74.5 Å². The minimum Gasteiger partial charge on any atom is -0.469 e. The second-order valence-corrected chi connectivity index (χ2v) is 13.0. The molecule has 0 radical (unpaired) electrons. The smallest absolute Gasteiger partial charge is 0.309 e. The Balaban J connectivity index is 1.72. The lowest BCUT2D eigenvalue weighted by atomic mass is 9.86. The summed E-state index contributed by atoms with van der Waals surface area (Å²) in [7, 11) is -1.36. The summed E-state index contributed by atoms with van der Waals surface area (Å²) in [6.45, 7) is 3.76. The molecule has 0 aromatic heterocycles. The molecule has 1 aliphatic rings. The number of nitrogens with one attached hydrogen (secondary N) is 2. The van der Waals surface area contributed by atoms with Gasteiger partial charge in [0, 0.05) is 19.0 Å². The average molecular weight is 599 g/mol. The zero-order chi connectivity index (χ0) is 30.3. The molecular formula is C33H47N2O6P. The molecule has 4 atom stereocenters. The maximum Gasteiger partial charge on any atom is 0.309 e. The van der Waals surface area contributed by atoms with Gasteiger partial charge in [-0.05, 0) is 35.8 Å². The molecular weight excluding hydrogens is 551 g/mol. The van der Waals surface area contributed by atoms with E-state index in [1.165, 1.54) is 13.5 Å². The molecule has 2 aromatic rings. The third-order valence-corrected chi connectivity index (χ3v) is 9.28. The van der Waals surface area contributed by atoms with E-state index in [9.17, 15) is 18.9 Å². The summed E-state index contributed by atoms with van der Waals surface area (Å²) < 4.78 is 24.1. The molecule has 1 saturated carbocycles. The number of hydrogen-bond acceptors (Lipinski definition) is 6. The summed E-state index contributed by atoms with van der Waals surface area (Å²) in [5.41, 5.74) is 1.96. The first-order valence-electron chi connectivity index (χ1n) is 15.2. The molecule has 8 nitrogen and oxygen atoms in total. The number of benzene rings is 2. The largest absolute Gasteiger partial charge is 0.469 e. The van der Waals surface area contributed by atoms with Gasteiger partial charge in [-0.15, -0.1) is 0 Å². The molecule has 0 saturated heterocycles. The number of carbonyl (C=O) groups is 3. The highest BCUT2D eigenvalue weighted by atomic mass is 31.1. The summed E-state index contributed by atoms with van der Waals surface area (Å²) in [6, 6.07) is 18.5. The lowest BCUT2D eigenvalue weighted by Crippen LogP contribution is -2.51. The monoisotopic (exact) mass is 598 g/mol. The van der Waals surface area contributed by atoms with Crippen molar-refractivity contribution in [2.75, 3.05) is 13.3 Å². The number of aryl methyl sites for hydroxylation is 1. The Morgan fingerprint density at radius 3 is 2.12 bits per heavy atom. The van der Waals surface area contributed by atoms with Crippen molar-refractivity contribution >= 4 is 25.8 Å². The molecule has 0 spiro atoms. The fourth-order valence-electron chi connectivity index (χ4n) is 5.48. The van der Waals surface area contributed by atoms with Gasteiger partial charge in [0.15, 0.2) is 8.03 Å². The molecule has 3 rings (SSSR count). The Hall–Kier alpha value is -2.96. The summed E-state index contributed by atoms with van der Waals surface area (Å²) >= 11 is 0. The number of ether oxygens (including phenoxy) is 1. The normalized spacial score (nSPS) is 16.7. The van der Waals surface area contributed by atoms with Gasteiger partial charge in [-0.1, -0.05) is 107 Å². The lowest BCUT2D eigenvalue weighted by Gasteiger charge is -2.29. The minimum atomic E-state index is -2.68. The number of amides is 2. The highest BCUT2D eigenvalue weighted by Gasteiger charge is 2.30. The highest BCUT2D eigenvalue weighted by molar-refractivity contribution is 7.39. The van der Waals surface area contributed by atoms with Gasteiger partial charge in [-0.3, -0.25) is 18.9 Å². The van der Waals surface area contributed by atoms with Gasteiger partial charge in [0.1, 0.15) is 12.3 Å². The lowest BCUT2D eigenvalue weighted by molar-refractivity contribution is -0.146. The number of esters is 1. The van der Waals surface area contributed by atoms with Crippen LogP contribution in [0.15, 0.2) is 60.7 Å². The Morgan fingerprint density at radius 2 is 1.52 bits per heavy atom. The predicted molar refractivity (Wildman–Crippen MR) is 165 cm³/mol. The number of hydrogen-bond donors (Lipinski definition) is 2. The van der Waals surface area contributed by atoms with Crippen LogP contribution >= 0.6 is 8.03 Å². The molecule has 2 amide bonds. The zero-order valence-electron chi connectivity index (χ0n) is 25.2. The molecule has 0 heterocycles. The van der Waals surface area contributed by atoms with E-state index in [0.29, 0.717) is 25.2 Å². The van der Waals surface area contributed by atoms with Gasteiger partial charge in [-0.25, -0.2) is 0 Å². The summed E-state index contributed by atoms with van der Waals surface area (Å²) in [5.74, 6) is -1.29. The highest BCUT2D eigenvalue weighted by Crippen LogP contribution is 2.34. The van der Waals surface area contributed by atoms with Crippen LogP contribution in [-0.4, -0.2) is 43.3 Å². The van der Waals surface area contributed by atoms with Crippen LogP contribution in [-0.2, 0) is 41.1 Å². The van der Waals surface area contributed by atoms with E-state index in [-0.39, 0.29) is 30.3 Å². The fourth-order valence-corrected chi connectivity index (χ4v) is 7.04. The Kier molecular flexibility index (Phi) is 14.3. The molecule has 42 heavy (non-hydrogen) atoms. The van der Waals surface area contributed by atoms with Crippen molar-refractivity contribution in [1.82, 2.24) is 10.6 Å². The van der Waals surface area contributed by atoms with Crippen LogP contribution in [0.5, 0.6) is 0 Å². The molecule has 1 fully saturated rings. The first-order chi connectivity index (χ1) is 20.2. The van der Waals surface area contributed by atoms with E-state index < -0.39 is 32.2 Å². The van der Waals surface area contributed by atoms with Gasteiger partial charge in [0.05, 0.1) is 13.0 Å². The van der Waals surface area contributed by atoms with Crippen molar-refractivity contribution in [2.24, 2.45) is 17.8 Å². The molecule has 0 aliphatic heterocycles. The summed E-state index contributed by atoms with van der Waals surface area (Å²) in [4.78, 5) is 38.9. The SMILES string of the molecule is COC(=O)C(C[PH](=O)OC(CC1CCCCC1)NC(=O)[C@H](Cc1ccccc1)NC(=O)CCc1ccccc1)C(C)C. The number of methoxy groups -OCH3 is 1. The molecule has 3 unspecified atom stereocenters. The molecule has 1 aliphatic carbocycles. The number of carbonyl (C=O) groups excluding carboxylic acids is 3. The van der Waals surface area contributed by atoms with Crippen molar-refractivity contribution in [3.05, 3.63) is 71.8 Å². The molecule has 9 heteroatoms. The zero-order valence-corrected chi connectivity index (χ0v) is 26.2. The van der Waals surface area contributed by atoms with Crippen LogP contribution in [0, 0.1) is 17.8 Å². The predicted octanol–water partition coefficient (Wildman–Crippen LogP) is 5.70. The van der Waals surface area contributed by atoms with Crippen molar-refractivity contribution < 1.29 is 28.2 Å². The van der Waals surface area contributed by atoms with Crippen molar-refractivity contribution in [1.29, 1.82) is 0 Å². The van der Waals surface area contributed by atoms with E-state index in [1.54, 1.807) is 0 Å². The molecule has 0 bridgehead atoms. The Bertz CT molecular complexity index is 1140. The third kappa shape index (κ3) is 11.7. The second kappa shape index (κ2) is 17.9. The van der Waals surface area contributed by atoms with Crippen LogP contribution < -0.4 is 10.6 Å². The van der Waals surface area contributed by atoms with Crippen LogP contribution in [0.2, 0.25) is 0 Å². The van der Waals surface area contributed by atoms with Crippen molar-refractivity contribution in [3.63, 3.8) is 0 Å². The maximum absolute atomic E-state index is 13.7. The number of rotatable bonds is 16. The minimum absolute atomic E-state index is 0.0513. The van der Waals surface area contributed by atoms with Gasteiger partial charge in [0.2, 0.25) is 11.8 Å². The standard InChI is InChI=1S/C33H47N2O6P/c1-24(2)28(33(38)40-3)23-42(39)41-31(22-27-17-11-6-12-18-27)35-32(37)29(21-26-15-9-5-10-16-26)34-30(36)20-19-25-13-7-4-8-14-25/h4-5,7-10,13-16,24,27-29,31,42H,6,11-12,17-23H2,1-3H3,(H,34,36)(H,35,37)/t28?,29-,31?/m0/s1. The van der Waals surface area contributed by atoms with E-state index in [2.05, 4.69) is 10.6 Å². The average Bonchev–Trinajstić information content (AvgIpc) is 2.99. The Morgan fingerprint density at radius 1 is 0.905 bits per heavy atom. The second-order valence-electron chi connectivity index (χ2n) is 11.6. The molecule has 2 aromatic carbocycles. The third-order valence-electron chi connectivity index (χ3n) is 7.96. The van der Waals surface area contributed by atoms with Crippen LogP contribution in [0.3, 0.4) is 0 Å². The van der Waals surface area contributed by atoms with E-state index >= 15 is 0 Å². The van der Waals surface area contributed by atoms with Gasteiger partial charge in [0.25, 0.3) is 0 Å². The Labute approximate surface area is 251 Å². The fraction of sp³-hybridized carbons (Fsp3) is 0.545. The van der Waals surface area contributed by atoms with Crippen molar-refractivity contribution in [2.45, 2.75) is 83.9 Å². The first kappa shape index (κ1) is 33.5. The molecule has 2 N–H and O–H groups in total. The van der Waals surface area contributed by atoms with Crippen LogP contribution in [0.1, 0.15) is 69.9 Å². The van der Waals surface area contributed by atoms with Gasteiger partial charge in [-0.2, -0.15) is 0 Å². The molecule has 230 valence electrons. The van der Waals surface area contributed by atoms with Crippen molar-refractivity contribution in [3.8, 4) is 0 Å². The van der Waals surface area contributed by atoms with E-state index in [0.717, 1.165) is 36.8 Å². The quantitative estimate of drug-likeness (QED) is 0.146. The van der Waals surface area contributed by atoms with E-state index in [4.69, 9.17) is 9.26 Å². The maximum atomic E-state index is 13.7. The van der Waals surface area contributed by atoms with Crippen LogP contribution in [0.4, 0.5) is 0 Å².